The lowest BCUT2D eigenvalue weighted by Crippen LogP contribution is -2.04. The SMILES string of the molecule is O=C(c1ccc(Nc2ccc(Oc3ccccc3)cc2)nc1)c1ccc(Nc2ccc(Oc3ccccc3)cc2)nc1. The molecule has 0 unspecified atom stereocenters. The van der Waals surface area contributed by atoms with Crippen LogP contribution < -0.4 is 20.1 Å². The summed E-state index contributed by atoms with van der Waals surface area (Å²) in [6.45, 7) is 0. The van der Waals surface area contributed by atoms with E-state index in [0.29, 0.717) is 22.8 Å². The number of rotatable bonds is 10. The van der Waals surface area contributed by atoms with Crippen LogP contribution in [0.2, 0.25) is 0 Å². The smallest absolute Gasteiger partial charge is 0.196 e. The van der Waals surface area contributed by atoms with Crippen LogP contribution in [0.4, 0.5) is 23.0 Å². The predicted molar refractivity (Wildman–Crippen MR) is 164 cm³/mol. The third-order valence-corrected chi connectivity index (χ3v) is 6.26. The number of aromatic nitrogens is 2. The molecule has 2 aromatic heterocycles. The topological polar surface area (TPSA) is 85.4 Å². The summed E-state index contributed by atoms with van der Waals surface area (Å²) in [7, 11) is 0. The highest BCUT2D eigenvalue weighted by Crippen LogP contribution is 2.26. The second-order valence-electron chi connectivity index (χ2n) is 9.32. The molecule has 0 spiro atoms. The number of nitrogens with zero attached hydrogens (tertiary/aromatic N) is 2. The first kappa shape index (κ1) is 26.3. The molecule has 42 heavy (non-hydrogen) atoms. The third kappa shape index (κ3) is 6.78. The van der Waals surface area contributed by atoms with Crippen LogP contribution in [-0.4, -0.2) is 15.8 Å². The first-order chi connectivity index (χ1) is 20.7. The molecule has 0 aliphatic rings. The summed E-state index contributed by atoms with van der Waals surface area (Å²) in [4.78, 5) is 21.8. The van der Waals surface area contributed by atoms with Crippen LogP contribution in [0.1, 0.15) is 15.9 Å². The molecule has 0 amide bonds. The molecule has 0 aliphatic heterocycles. The zero-order valence-corrected chi connectivity index (χ0v) is 22.5. The normalized spacial score (nSPS) is 10.5. The average Bonchev–Trinajstić information content (AvgIpc) is 3.04. The Labute approximate surface area is 243 Å². The van der Waals surface area contributed by atoms with Crippen LogP contribution in [0.3, 0.4) is 0 Å². The van der Waals surface area contributed by atoms with Gasteiger partial charge >= 0.3 is 0 Å². The number of para-hydroxylation sites is 2. The third-order valence-electron chi connectivity index (χ3n) is 6.26. The van der Waals surface area contributed by atoms with Gasteiger partial charge in [0.05, 0.1) is 0 Å². The predicted octanol–water partition coefficient (Wildman–Crippen LogP) is 8.78. The summed E-state index contributed by atoms with van der Waals surface area (Å²) in [5.74, 6) is 4.13. The van der Waals surface area contributed by atoms with Crippen LogP contribution in [0.15, 0.2) is 146 Å². The fraction of sp³-hybridized carbons (Fsp3) is 0. The van der Waals surface area contributed by atoms with E-state index in [-0.39, 0.29) is 5.78 Å². The first-order valence-corrected chi connectivity index (χ1v) is 13.3. The van der Waals surface area contributed by atoms with E-state index in [1.54, 1.807) is 36.7 Å². The fourth-order valence-corrected chi connectivity index (χ4v) is 4.13. The quantitative estimate of drug-likeness (QED) is 0.165. The summed E-state index contributed by atoms with van der Waals surface area (Å²) < 4.78 is 11.7. The van der Waals surface area contributed by atoms with Crippen LogP contribution in [0.5, 0.6) is 23.0 Å². The molecule has 0 fully saturated rings. The number of benzene rings is 4. The highest BCUT2D eigenvalue weighted by molar-refractivity contribution is 6.08. The minimum atomic E-state index is -0.155. The molecule has 0 bridgehead atoms. The first-order valence-electron chi connectivity index (χ1n) is 13.3. The Kier molecular flexibility index (Phi) is 7.81. The van der Waals surface area contributed by atoms with E-state index in [2.05, 4.69) is 20.6 Å². The van der Waals surface area contributed by atoms with Crippen molar-refractivity contribution in [3.8, 4) is 23.0 Å². The molecule has 0 saturated heterocycles. The maximum atomic E-state index is 13.0. The summed E-state index contributed by atoms with van der Waals surface area (Å²) in [6, 6.07) is 41.4. The molecule has 6 rings (SSSR count). The summed E-state index contributed by atoms with van der Waals surface area (Å²) >= 11 is 0. The van der Waals surface area contributed by atoms with E-state index in [0.717, 1.165) is 34.4 Å². The van der Waals surface area contributed by atoms with E-state index in [4.69, 9.17) is 9.47 Å². The van der Waals surface area contributed by atoms with Gasteiger partial charge in [-0.05, 0) is 97.1 Å². The number of anilines is 4. The summed E-state index contributed by atoms with van der Waals surface area (Å²) in [6.07, 6.45) is 3.12. The van der Waals surface area contributed by atoms with Gasteiger partial charge in [0.1, 0.15) is 34.6 Å². The van der Waals surface area contributed by atoms with Crippen molar-refractivity contribution >= 4 is 28.8 Å². The number of pyridine rings is 2. The van der Waals surface area contributed by atoms with Crippen molar-refractivity contribution in [2.45, 2.75) is 0 Å². The maximum absolute atomic E-state index is 13.0. The van der Waals surface area contributed by atoms with Crippen molar-refractivity contribution in [2.24, 2.45) is 0 Å². The molecule has 7 heteroatoms. The summed E-state index contributed by atoms with van der Waals surface area (Å²) in [5, 5.41) is 6.48. The average molecular weight is 551 g/mol. The number of carbonyl (C=O) groups is 1. The number of hydrogen-bond donors (Lipinski definition) is 2. The molecule has 4 aromatic carbocycles. The number of ketones is 1. The molecular formula is C35H26N4O3. The van der Waals surface area contributed by atoms with Crippen molar-refractivity contribution in [1.82, 2.24) is 9.97 Å². The molecule has 2 heterocycles. The monoisotopic (exact) mass is 550 g/mol. The number of hydrogen-bond acceptors (Lipinski definition) is 7. The van der Waals surface area contributed by atoms with Crippen molar-refractivity contribution in [3.05, 3.63) is 157 Å². The molecule has 6 aromatic rings. The minimum Gasteiger partial charge on any atom is -0.457 e. The highest BCUT2D eigenvalue weighted by Gasteiger charge is 2.11. The standard InChI is InChI=1S/C35H26N4O3/c40-35(25-11-21-33(36-23-25)38-27-13-17-31(18-14-27)41-29-7-3-1-4-8-29)26-12-22-34(37-24-26)39-28-15-19-32(20-16-28)42-30-9-5-2-6-10-30/h1-24H,(H,36,38)(H,37,39). The van der Waals surface area contributed by atoms with Gasteiger partial charge in [0.15, 0.2) is 5.78 Å². The van der Waals surface area contributed by atoms with Crippen molar-refractivity contribution in [3.63, 3.8) is 0 Å². The van der Waals surface area contributed by atoms with Crippen LogP contribution in [0, 0.1) is 0 Å². The Morgan fingerprint density at radius 1 is 0.452 bits per heavy atom. The van der Waals surface area contributed by atoms with Gasteiger partial charge in [-0.25, -0.2) is 9.97 Å². The number of nitrogens with one attached hydrogen (secondary N) is 2. The van der Waals surface area contributed by atoms with Gasteiger partial charge in [0.2, 0.25) is 0 Å². The molecule has 0 radical (unpaired) electrons. The zero-order chi connectivity index (χ0) is 28.6. The molecule has 2 N–H and O–H groups in total. The van der Waals surface area contributed by atoms with Crippen molar-refractivity contribution < 1.29 is 14.3 Å². The second-order valence-corrected chi connectivity index (χ2v) is 9.32. The zero-order valence-electron chi connectivity index (χ0n) is 22.5. The molecular weight excluding hydrogens is 524 g/mol. The summed E-state index contributed by atoms with van der Waals surface area (Å²) in [5.41, 5.74) is 2.66. The number of ether oxygens (including phenoxy) is 2. The second kappa shape index (κ2) is 12.5. The Hall–Kier alpha value is -5.95. The van der Waals surface area contributed by atoms with Gasteiger partial charge in [-0.3, -0.25) is 4.79 Å². The van der Waals surface area contributed by atoms with E-state index in [9.17, 15) is 4.79 Å². The molecule has 0 saturated carbocycles. The van der Waals surface area contributed by atoms with Crippen LogP contribution >= 0.6 is 0 Å². The molecule has 7 nitrogen and oxygen atoms in total. The van der Waals surface area contributed by atoms with E-state index < -0.39 is 0 Å². The lowest BCUT2D eigenvalue weighted by atomic mass is 10.1. The van der Waals surface area contributed by atoms with E-state index >= 15 is 0 Å². The number of carbonyl (C=O) groups excluding carboxylic acids is 1. The van der Waals surface area contributed by atoms with Crippen LogP contribution in [0.25, 0.3) is 0 Å². The van der Waals surface area contributed by atoms with E-state index in [1.165, 1.54) is 0 Å². The van der Waals surface area contributed by atoms with Gasteiger partial charge in [0.25, 0.3) is 0 Å². The lowest BCUT2D eigenvalue weighted by molar-refractivity contribution is 0.103. The van der Waals surface area contributed by atoms with Gasteiger partial charge in [-0.1, -0.05) is 36.4 Å². The molecule has 0 atom stereocenters. The Bertz CT molecular complexity index is 1610. The van der Waals surface area contributed by atoms with Gasteiger partial charge in [-0.2, -0.15) is 0 Å². The Balaban J connectivity index is 1.03. The lowest BCUT2D eigenvalue weighted by Gasteiger charge is -2.09. The highest BCUT2D eigenvalue weighted by atomic mass is 16.5. The van der Waals surface area contributed by atoms with Crippen molar-refractivity contribution in [1.29, 1.82) is 0 Å². The largest absolute Gasteiger partial charge is 0.457 e. The molecule has 0 aliphatic carbocycles. The van der Waals surface area contributed by atoms with Crippen LogP contribution in [-0.2, 0) is 0 Å². The van der Waals surface area contributed by atoms with Gasteiger partial charge < -0.3 is 20.1 Å². The van der Waals surface area contributed by atoms with Crippen molar-refractivity contribution in [2.75, 3.05) is 10.6 Å². The molecule has 204 valence electrons. The van der Waals surface area contributed by atoms with Gasteiger partial charge in [0, 0.05) is 34.9 Å². The Morgan fingerprint density at radius 2 is 0.833 bits per heavy atom. The maximum Gasteiger partial charge on any atom is 0.196 e. The fourth-order valence-electron chi connectivity index (χ4n) is 4.13. The van der Waals surface area contributed by atoms with Gasteiger partial charge in [-0.15, -0.1) is 0 Å². The van der Waals surface area contributed by atoms with E-state index in [1.807, 2.05) is 109 Å². The minimum absolute atomic E-state index is 0.155. The Morgan fingerprint density at radius 3 is 1.19 bits per heavy atom.